The van der Waals surface area contributed by atoms with Crippen LogP contribution in [0.4, 0.5) is 17.1 Å². The second-order valence-electron chi connectivity index (χ2n) is 16.1. The van der Waals surface area contributed by atoms with Gasteiger partial charge in [0, 0.05) is 66.5 Å². The van der Waals surface area contributed by atoms with Crippen LogP contribution in [-0.2, 0) is 0 Å². The van der Waals surface area contributed by atoms with Crippen molar-refractivity contribution in [1.29, 1.82) is 0 Å². The van der Waals surface area contributed by atoms with E-state index in [0.29, 0.717) is 0 Å². The van der Waals surface area contributed by atoms with Gasteiger partial charge in [0.25, 0.3) is 0 Å². The number of rotatable bonds is 6. The number of hydrogen-bond acceptors (Lipinski definition) is 3. The lowest BCUT2D eigenvalue weighted by molar-refractivity contribution is 0.668. The molecule has 0 aliphatic heterocycles. The summed E-state index contributed by atoms with van der Waals surface area (Å²) in [6.07, 6.45) is 0. The molecule has 0 saturated carbocycles. The molecule has 0 fully saturated rings. The minimum absolute atomic E-state index is 0.857. The fourth-order valence-corrected chi connectivity index (χ4v) is 9.62. The van der Waals surface area contributed by atoms with E-state index in [-0.39, 0.29) is 0 Å². The van der Waals surface area contributed by atoms with Crippen molar-refractivity contribution in [2.24, 2.45) is 0 Å². The van der Waals surface area contributed by atoms with Crippen molar-refractivity contribution in [3.8, 4) is 27.9 Å². The van der Waals surface area contributed by atoms with Crippen LogP contribution in [0.2, 0.25) is 0 Å². The lowest BCUT2D eigenvalue weighted by Crippen LogP contribution is -2.09. The highest BCUT2D eigenvalue weighted by molar-refractivity contribution is 6.19. The van der Waals surface area contributed by atoms with Gasteiger partial charge in [-0.15, -0.1) is 0 Å². The summed E-state index contributed by atoms with van der Waals surface area (Å²) in [4.78, 5) is 2.31. The topological polar surface area (TPSA) is 34.5 Å². The maximum Gasteiger partial charge on any atom is 0.137 e. The van der Waals surface area contributed by atoms with Gasteiger partial charge in [-0.2, -0.15) is 0 Å². The van der Waals surface area contributed by atoms with E-state index < -0.39 is 0 Å². The Hall–Kier alpha value is -8.34. The van der Waals surface area contributed by atoms with Crippen LogP contribution in [0.15, 0.2) is 227 Å². The Morgan fingerprint density at radius 3 is 1.47 bits per heavy atom. The van der Waals surface area contributed by atoms with E-state index in [9.17, 15) is 0 Å². The van der Waals surface area contributed by atoms with Crippen molar-refractivity contribution in [2.75, 3.05) is 4.90 Å². The lowest BCUT2D eigenvalue weighted by Gasteiger charge is -2.26. The van der Waals surface area contributed by atoms with Crippen molar-refractivity contribution >= 4 is 93.5 Å². The van der Waals surface area contributed by atoms with Crippen molar-refractivity contribution in [3.05, 3.63) is 218 Å². The Morgan fingerprint density at radius 1 is 0.306 bits per heavy atom. The molecule has 0 spiro atoms. The van der Waals surface area contributed by atoms with Crippen LogP contribution >= 0.6 is 0 Å². The van der Waals surface area contributed by atoms with Gasteiger partial charge in [-0.1, -0.05) is 133 Å². The Labute approximate surface area is 356 Å². The summed E-state index contributed by atoms with van der Waals surface area (Å²) in [5.74, 6) is 0. The van der Waals surface area contributed by atoms with Crippen LogP contribution in [0.3, 0.4) is 0 Å². The van der Waals surface area contributed by atoms with Crippen molar-refractivity contribution in [3.63, 3.8) is 0 Å². The highest BCUT2D eigenvalue weighted by atomic mass is 16.3. The van der Waals surface area contributed by atoms with Gasteiger partial charge in [0.15, 0.2) is 0 Å². The van der Waals surface area contributed by atoms with E-state index in [1.807, 2.05) is 24.3 Å². The molecule has 13 aromatic rings. The SMILES string of the molecule is c1ccc(-n2c3cc(-c4ccc(N(c5ccc(-c6ccc7c(c6)oc6ccccc67)cc5)c5ccc6c(c5)oc5ccccc56)cc4)ccc3c3ccc4ccccc4c32)cc1. The normalized spacial score (nSPS) is 11.9. The number of para-hydroxylation sites is 3. The number of nitrogens with zero attached hydrogens (tertiary/aromatic N) is 2. The second kappa shape index (κ2) is 13.6. The molecule has 3 heterocycles. The molecule has 4 heteroatoms. The number of benzene rings is 10. The van der Waals surface area contributed by atoms with Gasteiger partial charge in [-0.25, -0.2) is 0 Å². The molecule has 0 bridgehead atoms. The number of aromatic nitrogens is 1. The highest BCUT2D eigenvalue weighted by Crippen LogP contribution is 2.42. The highest BCUT2D eigenvalue weighted by Gasteiger charge is 2.19. The third-order valence-electron chi connectivity index (χ3n) is 12.6. The first-order chi connectivity index (χ1) is 30.7. The molecule has 0 aliphatic carbocycles. The quantitative estimate of drug-likeness (QED) is 0.168. The summed E-state index contributed by atoms with van der Waals surface area (Å²) < 4.78 is 15.1. The fourth-order valence-electron chi connectivity index (χ4n) is 9.62. The van der Waals surface area contributed by atoms with E-state index in [4.69, 9.17) is 8.83 Å². The summed E-state index contributed by atoms with van der Waals surface area (Å²) >= 11 is 0. The van der Waals surface area contributed by atoms with Crippen LogP contribution < -0.4 is 4.90 Å². The predicted molar refractivity (Wildman–Crippen MR) is 258 cm³/mol. The molecule has 0 aliphatic rings. The first-order valence-electron chi connectivity index (χ1n) is 21.1. The van der Waals surface area contributed by atoms with Crippen LogP contribution in [0.25, 0.3) is 104 Å². The van der Waals surface area contributed by atoms with Gasteiger partial charge in [0.2, 0.25) is 0 Å². The molecule has 62 heavy (non-hydrogen) atoms. The molecule has 0 amide bonds. The van der Waals surface area contributed by atoms with Crippen molar-refractivity contribution in [1.82, 2.24) is 4.57 Å². The summed E-state index contributed by atoms with van der Waals surface area (Å²) in [6.45, 7) is 0. The second-order valence-corrected chi connectivity index (χ2v) is 16.1. The molecule has 4 nitrogen and oxygen atoms in total. The molecule has 0 saturated heterocycles. The molecule has 10 aromatic carbocycles. The smallest absolute Gasteiger partial charge is 0.137 e. The first-order valence-corrected chi connectivity index (χ1v) is 21.1. The minimum Gasteiger partial charge on any atom is -0.456 e. The maximum atomic E-state index is 6.41. The molecule has 0 unspecified atom stereocenters. The van der Waals surface area contributed by atoms with Crippen molar-refractivity contribution < 1.29 is 8.83 Å². The van der Waals surface area contributed by atoms with E-state index in [1.165, 1.54) is 32.6 Å². The van der Waals surface area contributed by atoms with Gasteiger partial charge in [-0.05, 0) is 107 Å². The van der Waals surface area contributed by atoms with Crippen LogP contribution in [-0.4, -0.2) is 4.57 Å². The van der Waals surface area contributed by atoms with Crippen LogP contribution in [0.1, 0.15) is 0 Å². The standard InChI is InChI=1S/C58H36N2O2/c1-2-11-42(12-3-1)60-53-34-40(23-30-47(53)52-32-22-39-10-4-5-13-46(39)58(52)60)37-18-25-43(26-19-37)59(45-29-33-51-49-15-7-9-17-55(49)62-57(51)36-45)44-27-20-38(21-28-44)41-24-31-50-48-14-6-8-16-54(48)61-56(50)35-41/h1-36H. The van der Waals surface area contributed by atoms with Gasteiger partial charge in [0.05, 0.1) is 11.0 Å². The number of fused-ring (bicyclic) bond motifs is 11. The Morgan fingerprint density at radius 2 is 0.790 bits per heavy atom. The van der Waals surface area contributed by atoms with Crippen LogP contribution in [0.5, 0.6) is 0 Å². The van der Waals surface area contributed by atoms with E-state index in [0.717, 1.165) is 88.9 Å². The first kappa shape index (κ1) is 34.5. The summed E-state index contributed by atoms with van der Waals surface area (Å²) in [7, 11) is 0. The molecule has 13 rings (SSSR count). The molecular formula is C58H36N2O2. The maximum absolute atomic E-state index is 6.41. The summed E-state index contributed by atoms with van der Waals surface area (Å²) in [6, 6.07) is 78.1. The van der Waals surface area contributed by atoms with Gasteiger partial charge >= 0.3 is 0 Å². The zero-order valence-corrected chi connectivity index (χ0v) is 33.5. The molecule has 290 valence electrons. The lowest BCUT2D eigenvalue weighted by atomic mass is 10.0. The third-order valence-corrected chi connectivity index (χ3v) is 12.6. The minimum atomic E-state index is 0.857. The van der Waals surface area contributed by atoms with Gasteiger partial charge < -0.3 is 18.3 Å². The predicted octanol–water partition coefficient (Wildman–Crippen LogP) is 16.5. The summed E-state index contributed by atoms with van der Waals surface area (Å²) in [5, 5.41) is 9.46. The number of hydrogen-bond donors (Lipinski definition) is 0. The zero-order chi connectivity index (χ0) is 40.7. The number of anilines is 3. The summed E-state index contributed by atoms with van der Waals surface area (Å²) in [5.41, 5.74) is 14.8. The Kier molecular flexibility index (Phi) is 7.57. The monoisotopic (exact) mass is 792 g/mol. The Balaban J connectivity index is 0.919. The fraction of sp³-hybridized carbons (Fsp3) is 0. The van der Waals surface area contributed by atoms with E-state index in [2.05, 4.69) is 204 Å². The molecule has 0 radical (unpaired) electrons. The average Bonchev–Trinajstić information content (AvgIpc) is 4.01. The van der Waals surface area contributed by atoms with E-state index >= 15 is 0 Å². The van der Waals surface area contributed by atoms with E-state index in [1.54, 1.807) is 0 Å². The molecule has 0 atom stereocenters. The van der Waals surface area contributed by atoms with Gasteiger partial charge in [0.1, 0.15) is 22.3 Å². The third kappa shape index (κ3) is 5.40. The van der Waals surface area contributed by atoms with Crippen LogP contribution in [0, 0.1) is 0 Å². The molecule has 0 N–H and O–H groups in total. The number of furan rings is 2. The molecular weight excluding hydrogens is 757 g/mol. The largest absolute Gasteiger partial charge is 0.456 e. The van der Waals surface area contributed by atoms with Gasteiger partial charge in [-0.3, -0.25) is 0 Å². The zero-order valence-electron chi connectivity index (χ0n) is 33.5. The molecule has 3 aromatic heterocycles. The average molecular weight is 793 g/mol. The Bertz CT molecular complexity index is 3850. The van der Waals surface area contributed by atoms with Crippen molar-refractivity contribution in [2.45, 2.75) is 0 Å².